The maximum Gasteiger partial charge on any atom is 0.237 e. The first-order valence-electron chi connectivity index (χ1n) is 3.78. The fourth-order valence-electron chi connectivity index (χ4n) is 0.700. The van der Waals surface area contributed by atoms with Crippen LogP contribution in [0.2, 0.25) is 0 Å². The molecule has 1 N–H and O–H groups in total. The summed E-state index contributed by atoms with van der Waals surface area (Å²) in [6, 6.07) is 0. The summed E-state index contributed by atoms with van der Waals surface area (Å²) >= 11 is 3.35. The number of amides is 1. The molecule has 1 rings (SSSR count). The number of nitrogens with zero attached hydrogens (tertiary/aromatic N) is 1. The normalized spacial score (nSPS) is 20.0. The van der Waals surface area contributed by atoms with Crippen molar-refractivity contribution in [2.75, 3.05) is 7.05 Å². The first-order valence-corrected chi connectivity index (χ1v) is 4.70. The van der Waals surface area contributed by atoms with Gasteiger partial charge in [-0.15, -0.1) is 0 Å². The summed E-state index contributed by atoms with van der Waals surface area (Å²) in [4.78, 5) is 11.3. The highest BCUT2D eigenvalue weighted by molar-refractivity contribution is 9.09. The summed E-state index contributed by atoms with van der Waals surface area (Å²) < 4.78 is 0. The zero-order valence-electron chi connectivity index (χ0n) is 6.80. The number of halogens is 1. The zero-order valence-corrected chi connectivity index (χ0v) is 8.39. The van der Waals surface area contributed by atoms with Gasteiger partial charge in [-0.3, -0.25) is 10.2 Å². The molecule has 0 spiro atoms. The molecule has 0 radical (unpaired) electrons. The minimum atomic E-state index is 0.152. The van der Waals surface area contributed by atoms with Crippen molar-refractivity contribution in [1.29, 1.82) is 0 Å². The number of rotatable bonds is 3. The van der Waals surface area contributed by atoms with Gasteiger partial charge in [0.25, 0.3) is 0 Å². The molecule has 0 aromatic rings. The molecule has 1 saturated carbocycles. The highest BCUT2D eigenvalue weighted by atomic mass is 79.9. The van der Waals surface area contributed by atoms with Gasteiger partial charge in [-0.2, -0.15) is 0 Å². The van der Waals surface area contributed by atoms with E-state index in [4.69, 9.17) is 0 Å². The van der Waals surface area contributed by atoms with E-state index in [1.807, 2.05) is 14.0 Å². The number of alkyl halides is 1. The van der Waals surface area contributed by atoms with Gasteiger partial charge in [-0.1, -0.05) is 15.9 Å². The predicted molar refractivity (Wildman–Crippen MR) is 47.0 cm³/mol. The quantitative estimate of drug-likeness (QED) is 0.439. The standard InChI is InChI=1S/C7H13BrN2O/c1-5(8)10(2)9-7(11)6-3-4-6/h5-6H,3-4H2,1-2H3,(H,9,11). The molecule has 0 bridgehead atoms. The molecule has 4 heteroatoms. The smallest absolute Gasteiger partial charge is 0.237 e. The Hall–Kier alpha value is -0.0900. The molecule has 1 aliphatic rings. The predicted octanol–water partition coefficient (Wildman–Crippen LogP) is 1.10. The summed E-state index contributed by atoms with van der Waals surface area (Å²) in [6.07, 6.45) is 2.10. The highest BCUT2D eigenvalue weighted by Crippen LogP contribution is 2.28. The average molecular weight is 221 g/mol. The Kier molecular flexibility index (Phi) is 2.90. The second-order valence-electron chi connectivity index (χ2n) is 2.94. The van der Waals surface area contributed by atoms with E-state index in [9.17, 15) is 4.79 Å². The van der Waals surface area contributed by atoms with E-state index >= 15 is 0 Å². The van der Waals surface area contributed by atoms with Crippen LogP contribution in [0.4, 0.5) is 0 Å². The van der Waals surface area contributed by atoms with Crippen LogP contribution >= 0.6 is 15.9 Å². The largest absolute Gasteiger partial charge is 0.288 e. The molecule has 0 aromatic heterocycles. The Balaban J connectivity index is 2.23. The van der Waals surface area contributed by atoms with E-state index in [-0.39, 0.29) is 16.8 Å². The third kappa shape index (κ3) is 2.79. The molecule has 0 aromatic carbocycles. The van der Waals surface area contributed by atoms with Crippen LogP contribution in [0.3, 0.4) is 0 Å². The van der Waals surface area contributed by atoms with Gasteiger partial charge < -0.3 is 0 Å². The molecular weight excluding hydrogens is 208 g/mol. The van der Waals surface area contributed by atoms with Crippen LogP contribution in [0.1, 0.15) is 19.8 Å². The number of hydrogen-bond donors (Lipinski definition) is 1. The van der Waals surface area contributed by atoms with Gasteiger partial charge in [0.05, 0.1) is 4.95 Å². The number of hydrazine groups is 1. The molecule has 1 atom stereocenters. The van der Waals surface area contributed by atoms with Crippen LogP contribution in [0.15, 0.2) is 0 Å². The van der Waals surface area contributed by atoms with Crippen molar-refractivity contribution in [3.05, 3.63) is 0 Å². The van der Waals surface area contributed by atoms with Crippen LogP contribution in [-0.4, -0.2) is 22.9 Å². The Morgan fingerprint density at radius 3 is 2.64 bits per heavy atom. The van der Waals surface area contributed by atoms with Crippen LogP contribution in [0.5, 0.6) is 0 Å². The van der Waals surface area contributed by atoms with E-state index in [0.29, 0.717) is 0 Å². The molecule has 0 heterocycles. The number of nitrogens with one attached hydrogen (secondary N) is 1. The third-order valence-corrected chi connectivity index (χ3v) is 2.38. The molecule has 0 aliphatic heterocycles. The summed E-state index contributed by atoms with van der Waals surface area (Å²) in [5.41, 5.74) is 2.79. The van der Waals surface area contributed by atoms with Crippen LogP contribution in [-0.2, 0) is 4.79 Å². The van der Waals surface area contributed by atoms with Gasteiger partial charge in [-0.25, -0.2) is 5.01 Å². The van der Waals surface area contributed by atoms with Crippen molar-refractivity contribution in [2.24, 2.45) is 5.92 Å². The maximum absolute atomic E-state index is 11.1. The second kappa shape index (κ2) is 3.54. The monoisotopic (exact) mass is 220 g/mol. The first-order chi connectivity index (χ1) is 5.11. The van der Waals surface area contributed by atoms with E-state index in [0.717, 1.165) is 12.8 Å². The van der Waals surface area contributed by atoms with Gasteiger partial charge in [0.1, 0.15) is 0 Å². The van der Waals surface area contributed by atoms with Crippen LogP contribution in [0, 0.1) is 5.92 Å². The summed E-state index contributed by atoms with van der Waals surface area (Å²) in [7, 11) is 1.85. The summed E-state index contributed by atoms with van der Waals surface area (Å²) in [6.45, 7) is 1.97. The van der Waals surface area contributed by atoms with Crippen molar-refractivity contribution >= 4 is 21.8 Å². The number of carbonyl (C=O) groups is 1. The Morgan fingerprint density at radius 1 is 1.73 bits per heavy atom. The second-order valence-corrected chi connectivity index (χ2v) is 4.26. The van der Waals surface area contributed by atoms with E-state index < -0.39 is 0 Å². The van der Waals surface area contributed by atoms with E-state index in [2.05, 4.69) is 21.4 Å². The third-order valence-electron chi connectivity index (χ3n) is 1.77. The zero-order chi connectivity index (χ0) is 8.43. The van der Waals surface area contributed by atoms with Gasteiger partial charge in [-0.05, 0) is 19.8 Å². The minimum absolute atomic E-state index is 0.152. The van der Waals surface area contributed by atoms with Gasteiger partial charge in [0, 0.05) is 13.0 Å². The fraction of sp³-hybridized carbons (Fsp3) is 0.857. The van der Waals surface area contributed by atoms with Gasteiger partial charge in [0.15, 0.2) is 0 Å². The first kappa shape index (κ1) is 9.00. The molecule has 11 heavy (non-hydrogen) atoms. The lowest BCUT2D eigenvalue weighted by atomic mass is 10.4. The van der Waals surface area contributed by atoms with Crippen molar-refractivity contribution in [1.82, 2.24) is 10.4 Å². The molecule has 1 amide bonds. The van der Waals surface area contributed by atoms with Crippen molar-refractivity contribution in [3.63, 3.8) is 0 Å². The topological polar surface area (TPSA) is 32.3 Å². The SMILES string of the molecule is CC(Br)N(C)NC(=O)C1CC1. The summed E-state index contributed by atoms with van der Waals surface area (Å²) in [5.74, 6) is 0.433. The van der Waals surface area contributed by atoms with Crippen LogP contribution in [0.25, 0.3) is 0 Å². The molecule has 3 nitrogen and oxygen atoms in total. The van der Waals surface area contributed by atoms with E-state index in [1.165, 1.54) is 0 Å². The molecular formula is C7H13BrN2O. The number of carbonyl (C=O) groups excluding carboxylic acids is 1. The van der Waals surface area contributed by atoms with Gasteiger partial charge in [0.2, 0.25) is 5.91 Å². The van der Waals surface area contributed by atoms with E-state index in [1.54, 1.807) is 5.01 Å². The van der Waals surface area contributed by atoms with Crippen molar-refractivity contribution < 1.29 is 4.79 Å². The maximum atomic E-state index is 11.1. The van der Waals surface area contributed by atoms with Crippen molar-refractivity contribution in [3.8, 4) is 0 Å². The molecule has 1 unspecified atom stereocenters. The Labute approximate surface area is 75.2 Å². The number of hydrogen-bond acceptors (Lipinski definition) is 2. The van der Waals surface area contributed by atoms with Gasteiger partial charge >= 0.3 is 0 Å². The summed E-state index contributed by atoms with van der Waals surface area (Å²) in [5, 5.41) is 1.76. The Morgan fingerprint density at radius 2 is 2.27 bits per heavy atom. The molecule has 1 aliphatic carbocycles. The van der Waals surface area contributed by atoms with Crippen LogP contribution < -0.4 is 5.43 Å². The lowest BCUT2D eigenvalue weighted by Gasteiger charge is -2.20. The Bertz CT molecular complexity index is 157. The highest BCUT2D eigenvalue weighted by Gasteiger charge is 2.30. The molecule has 0 saturated heterocycles. The fourth-order valence-corrected chi connectivity index (χ4v) is 0.802. The average Bonchev–Trinajstić information content (AvgIpc) is 2.67. The van der Waals surface area contributed by atoms with Crippen molar-refractivity contribution in [2.45, 2.75) is 24.7 Å². The molecule has 1 fully saturated rings. The lowest BCUT2D eigenvalue weighted by Crippen LogP contribution is -2.42. The minimum Gasteiger partial charge on any atom is -0.288 e. The molecule has 64 valence electrons. The lowest BCUT2D eigenvalue weighted by molar-refractivity contribution is -0.126.